The maximum atomic E-state index is 2.47. The van der Waals surface area contributed by atoms with Gasteiger partial charge < -0.3 is 9.80 Å². The molecule has 0 fully saturated rings. The van der Waals surface area contributed by atoms with E-state index in [-0.39, 0.29) is 0 Å². The molecule has 63 heavy (non-hydrogen) atoms. The van der Waals surface area contributed by atoms with Crippen LogP contribution in [-0.4, -0.2) is 0 Å². The maximum Gasteiger partial charge on any atom is 0.0546 e. The molecule has 0 radical (unpaired) electrons. The lowest BCUT2D eigenvalue weighted by Gasteiger charge is -2.34. The highest BCUT2D eigenvalue weighted by Crippen LogP contribution is 2.52. The van der Waals surface area contributed by atoms with Gasteiger partial charge in [-0.15, -0.1) is 11.3 Å². The van der Waals surface area contributed by atoms with Gasteiger partial charge in [0.15, 0.2) is 0 Å². The van der Waals surface area contributed by atoms with Gasteiger partial charge in [-0.05, 0) is 121 Å². The highest BCUT2D eigenvalue weighted by molar-refractivity contribution is 7.25. The van der Waals surface area contributed by atoms with Crippen molar-refractivity contribution in [2.75, 3.05) is 9.80 Å². The van der Waals surface area contributed by atoms with E-state index < -0.39 is 0 Å². The van der Waals surface area contributed by atoms with Gasteiger partial charge in [-0.2, -0.15) is 0 Å². The van der Waals surface area contributed by atoms with E-state index in [4.69, 9.17) is 0 Å². The second kappa shape index (κ2) is 14.3. The molecular formula is C60H38N2S. The number of fused-ring (bicyclic) bond motifs is 7. The van der Waals surface area contributed by atoms with Crippen molar-refractivity contribution in [1.29, 1.82) is 0 Å². The minimum absolute atomic E-state index is 1.12. The van der Waals surface area contributed by atoms with E-state index in [0.717, 1.165) is 22.7 Å². The zero-order valence-electron chi connectivity index (χ0n) is 34.2. The predicted molar refractivity (Wildman–Crippen MR) is 271 cm³/mol. The molecule has 12 aromatic rings. The first-order chi connectivity index (χ1) is 31.2. The minimum Gasteiger partial charge on any atom is -0.310 e. The zero-order chi connectivity index (χ0) is 41.4. The number of rotatable bonds is 6. The normalized spacial score (nSPS) is 12.1. The highest BCUT2D eigenvalue weighted by atomic mass is 32.1. The van der Waals surface area contributed by atoms with Crippen LogP contribution in [0.25, 0.3) is 85.9 Å². The van der Waals surface area contributed by atoms with Crippen LogP contribution in [0, 0.1) is 0 Å². The molecule has 0 unspecified atom stereocenters. The molecule has 0 atom stereocenters. The van der Waals surface area contributed by atoms with Gasteiger partial charge in [0.1, 0.15) is 0 Å². The quantitative estimate of drug-likeness (QED) is 0.165. The fraction of sp³-hybridized carbons (Fsp3) is 0. The first-order valence-corrected chi connectivity index (χ1v) is 22.4. The second-order valence-electron chi connectivity index (χ2n) is 16.5. The molecule has 0 bridgehead atoms. The van der Waals surface area contributed by atoms with Crippen molar-refractivity contribution < 1.29 is 0 Å². The number of benzene rings is 11. The molecule has 2 nitrogen and oxygen atoms in total. The molecule has 2 heterocycles. The second-order valence-corrected chi connectivity index (χ2v) is 17.6. The van der Waals surface area contributed by atoms with Gasteiger partial charge in [-0.1, -0.05) is 164 Å². The first-order valence-electron chi connectivity index (χ1n) is 21.6. The number of thiophene rings is 1. The van der Waals surface area contributed by atoms with Gasteiger partial charge in [0.2, 0.25) is 0 Å². The van der Waals surface area contributed by atoms with E-state index in [1.807, 2.05) is 11.3 Å². The molecule has 0 amide bonds. The minimum atomic E-state index is 1.12. The maximum absolute atomic E-state index is 2.47. The summed E-state index contributed by atoms with van der Waals surface area (Å²) in [5, 5.41) is 10.1. The van der Waals surface area contributed by atoms with Crippen LogP contribution in [0.2, 0.25) is 0 Å². The van der Waals surface area contributed by atoms with Crippen LogP contribution in [-0.2, 0) is 0 Å². The molecule has 1 aliphatic heterocycles. The highest BCUT2D eigenvalue weighted by Gasteiger charge is 2.27. The van der Waals surface area contributed by atoms with Crippen LogP contribution < -0.4 is 9.80 Å². The lowest BCUT2D eigenvalue weighted by Crippen LogP contribution is -2.15. The van der Waals surface area contributed by atoms with Crippen molar-refractivity contribution in [1.82, 2.24) is 0 Å². The van der Waals surface area contributed by atoms with Crippen LogP contribution in [0.5, 0.6) is 0 Å². The van der Waals surface area contributed by atoms with Crippen LogP contribution >= 0.6 is 11.3 Å². The van der Waals surface area contributed by atoms with E-state index >= 15 is 0 Å². The summed E-state index contributed by atoms with van der Waals surface area (Å²) in [7, 11) is 0. The summed E-state index contributed by atoms with van der Waals surface area (Å²) in [6.07, 6.45) is 0. The van der Waals surface area contributed by atoms with Crippen LogP contribution in [0.15, 0.2) is 231 Å². The third kappa shape index (κ3) is 5.85. The predicted octanol–water partition coefficient (Wildman–Crippen LogP) is 17.8. The van der Waals surface area contributed by atoms with Gasteiger partial charge in [-0.25, -0.2) is 0 Å². The monoisotopic (exact) mass is 818 g/mol. The summed E-state index contributed by atoms with van der Waals surface area (Å²) in [6.45, 7) is 0. The summed E-state index contributed by atoms with van der Waals surface area (Å²) in [6, 6.07) is 84.8. The Morgan fingerprint density at radius 2 is 0.937 bits per heavy atom. The summed E-state index contributed by atoms with van der Waals surface area (Å²) in [4.78, 5) is 4.84. The lowest BCUT2D eigenvalue weighted by atomic mass is 9.89. The van der Waals surface area contributed by atoms with E-state index in [0.29, 0.717) is 0 Å². The number of hydrogen-bond donors (Lipinski definition) is 0. The lowest BCUT2D eigenvalue weighted by molar-refractivity contribution is 1.29. The largest absolute Gasteiger partial charge is 0.310 e. The average Bonchev–Trinajstić information content (AvgIpc) is 3.72. The molecule has 0 spiro atoms. The number of para-hydroxylation sites is 1. The van der Waals surface area contributed by atoms with E-state index in [9.17, 15) is 0 Å². The Balaban J connectivity index is 0.897. The van der Waals surface area contributed by atoms with Crippen LogP contribution in [0.4, 0.5) is 34.1 Å². The Bertz CT molecular complexity index is 3740. The van der Waals surface area contributed by atoms with Crippen molar-refractivity contribution >= 4 is 98.0 Å². The standard InChI is InChI=1S/C60H38N2S/c1-2-17-46(18-3-1)61(47-28-24-41(25-29-47)51-20-8-14-40-12-6-7-19-50(40)51)49-31-34-54-53-33-27-45(37-58(53)63-59(54)38-49)44-26-32-52-55-21-9-15-42-16-10-22-56(60(42)55)62(57(52)36-44)48-30-23-39-11-4-5-13-43(39)35-48/h1-38H. The molecule has 1 aliphatic rings. The molecule has 1 aromatic heterocycles. The van der Waals surface area contributed by atoms with E-state index in [1.165, 1.54) is 97.2 Å². The van der Waals surface area contributed by atoms with Crippen molar-refractivity contribution in [3.05, 3.63) is 231 Å². The fourth-order valence-corrected chi connectivity index (χ4v) is 11.1. The smallest absolute Gasteiger partial charge is 0.0546 e. The number of anilines is 6. The summed E-state index contributed by atoms with van der Waals surface area (Å²) >= 11 is 1.87. The Hall–Kier alpha value is -7.98. The Kier molecular flexibility index (Phi) is 8.12. The van der Waals surface area contributed by atoms with Gasteiger partial charge in [-0.3, -0.25) is 0 Å². The van der Waals surface area contributed by atoms with Gasteiger partial charge in [0.05, 0.1) is 11.4 Å². The van der Waals surface area contributed by atoms with Gasteiger partial charge in [0, 0.05) is 53.9 Å². The SMILES string of the molecule is c1ccc(N(c2ccc(-c3cccc4ccccc34)cc2)c2ccc3c(c2)sc2cc(-c4ccc5c(c4)N(c4ccc6ccccc6c4)c4cccc6cccc-5c46)ccc23)cc1. The Morgan fingerprint density at radius 3 is 1.79 bits per heavy atom. The third-order valence-electron chi connectivity index (χ3n) is 12.9. The molecule has 11 aromatic carbocycles. The third-order valence-corrected chi connectivity index (χ3v) is 14.0. The van der Waals surface area contributed by atoms with E-state index in [2.05, 4.69) is 240 Å². The molecule has 294 valence electrons. The average molecular weight is 819 g/mol. The molecule has 0 N–H and O–H groups in total. The topological polar surface area (TPSA) is 6.48 Å². The van der Waals surface area contributed by atoms with Crippen molar-refractivity contribution in [2.24, 2.45) is 0 Å². The molecule has 13 rings (SSSR count). The van der Waals surface area contributed by atoms with Crippen LogP contribution in [0.3, 0.4) is 0 Å². The van der Waals surface area contributed by atoms with Crippen molar-refractivity contribution in [2.45, 2.75) is 0 Å². The molecule has 3 heteroatoms. The van der Waals surface area contributed by atoms with Gasteiger partial charge >= 0.3 is 0 Å². The number of nitrogens with zero attached hydrogens (tertiary/aromatic N) is 2. The molecule has 0 aliphatic carbocycles. The Labute approximate surface area is 369 Å². The summed E-state index contributed by atoms with van der Waals surface area (Å²) in [5.41, 5.74) is 14.4. The fourth-order valence-electron chi connectivity index (χ4n) is 9.96. The van der Waals surface area contributed by atoms with Crippen LogP contribution in [0.1, 0.15) is 0 Å². The van der Waals surface area contributed by atoms with Gasteiger partial charge in [0.25, 0.3) is 0 Å². The van der Waals surface area contributed by atoms with Crippen molar-refractivity contribution in [3.63, 3.8) is 0 Å². The number of hydrogen-bond acceptors (Lipinski definition) is 3. The van der Waals surface area contributed by atoms with E-state index in [1.54, 1.807) is 0 Å². The van der Waals surface area contributed by atoms with Crippen molar-refractivity contribution in [3.8, 4) is 33.4 Å². The summed E-state index contributed by atoms with van der Waals surface area (Å²) in [5.74, 6) is 0. The summed E-state index contributed by atoms with van der Waals surface area (Å²) < 4.78 is 2.55. The Morgan fingerprint density at radius 1 is 0.317 bits per heavy atom. The zero-order valence-corrected chi connectivity index (χ0v) is 35.1. The first kappa shape index (κ1) is 35.7. The molecule has 0 saturated carbocycles. The molecular weight excluding hydrogens is 781 g/mol. The molecule has 0 saturated heterocycles.